The van der Waals surface area contributed by atoms with Gasteiger partial charge in [-0.25, -0.2) is 4.39 Å². The van der Waals surface area contributed by atoms with E-state index in [1.54, 1.807) is 0 Å². The van der Waals surface area contributed by atoms with Gasteiger partial charge in [0.1, 0.15) is 18.2 Å². The van der Waals surface area contributed by atoms with Crippen molar-refractivity contribution in [3.63, 3.8) is 0 Å². The maximum Gasteiger partial charge on any atom is 0.309 e. The average molecular weight is 309 g/mol. The minimum atomic E-state index is -0.418. The molecule has 0 bridgehead atoms. The van der Waals surface area contributed by atoms with Gasteiger partial charge in [0.2, 0.25) is 0 Å². The van der Waals surface area contributed by atoms with Gasteiger partial charge in [-0.1, -0.05) is 35.9 Å². The van der Waals surface area contributed by atoms with E-state index in [9.17, 15) is 9.18 Å². The van der Waals surface area contributed by atoms with Gasteiger partial charge in [0.25, 0.3) is 0 Å². The van der Waals surface area contributed by atoms with Crippen LogP contribution in [0.3, 0.4) is 0 Å². The van der Waals surface area contributed by atoms with Crippen LogP contribution in [0, 0.1) is 5.82 Å². The fraction of sp³-hybridized carbons (Fsp3) is 0.188. The lowest BCUT2D eigenvalue weighted by atomic mass is 10.1. The number of benzene rings is 2. The summed E-state index contributed by atoms with van der Waals surface area (Å²) in [5.41, 5.74) is 1.67. The van der Waals surface area contributed by atoms with Gasteiger partial charge in [0.15, 0.2) is 0 Å². The second-order valence-corrected chi connectivity index (χ2v) is 4.79. The topological polar surface area (TPSA) is 35.5 Å². The summed E-state index contributed by atoms with van der Waals surface area (Å²) in [6.45, 7) is 0.235. The molecule has 0 spiro atoms. The van der Waals surface area contributed by atoms with Crippen LogP contribution < -0.4 is 4.74 Å². The zero-order valence-corrected chi connectivity index (χ0v) is 12.2. The SMILES string of the molecule is COC(=O)Cc1ccccc1COc1ccc(F)cc1Cl. The molecule has 0 saturated heterocycles. The van der Waals surface area contributed by atoms with Crippen molar-refractivity contribution in [1.29, 1.82) is 0 Å². The third-order valence-electron chi connectivity index (χ3n) is 2.96. The number of carbonyl (C=O) groups excluding carboxylic acids is 1. The van der Waals surface area contributed by atoms with Gasteiger partial charge in [-0.05, 0) is 29.3 Å². The lowest BCUT2D eigenvalue weighted by molar-refractivity contribution is -0.139. The Balaban J connectivity index is 2.11. The molecule has 0 aromatic heterocycles. The van der Waals surface area contributed by atoms with Crippen LogP contribution in [0.25, 0.3) is 0 Å². The third-order valence-corrected chi connectivity index (χ3v) is 3.25. The van der Waals surface area contributed by atoms with Crippen LogP contribution in [-0.2, 0) is 22.6 Å². The Kier molecular flexibility index (Phi) is 5.17. The van der Waals surface area contributed by atoms with Crippen molar-refractivity contribution in [2.75, 3.05) is 7.11 Å². The highest BCUT2D eigenvalue weighted by atomic mass is 35.5. The van der Waals surface area contributed by atoms with Crippen molar-refractivity contribution in [2.45, 2.75) is 13.0 Å². The van der Waals surface area contributed by atoms with Gasteiger partial charge < -0.3 is 9.47 Å². The summed E-state index contributed by atoms with van der Waals surface area (Å²) in [4.78, 5) is 11.4. The molecule has 0 aliphatic rings. The zero-order chi connectivity index (χ0) is 15.2. The van der Waals surface area contributed by atoms with E-state index in [0.717, 1.165) is 11.1 Å². The molecule has 0 aliphatic heterocycles. The standard InChI is InChI=1S/C16H14ClFO3/c1-20-16(19)8-11-4-2-3-5-12(11)10-21-15-7-6-13(18)9-14(15)17/h2-7,9H,8,10H2,1H3. The summed E-state index contributed by atoms with van der Waals surface area (Å²) >= 11 is 5.90. The van der Waals surface area contributed by atoms with Crippen LogP contribution in [0.2, 0.25) is 5.02 Å². The number of halogens is 2. The summed E-state index contributed by atoms with van der Waals surface area (Å²) in [6, 6.07) is 11.3. The number of hydrogen-bond acceptors (Lipinski definition) is 3. The fourth-order valence-electron chi connectivity index (χ4n) is 1.85. The van der Waals surface area contributed by atoms with E-state index in [4.69, 9.17) is 16.3 Å². The number of hydrogen-bond donors (Lipinski definition) is 0. The van der Waals surface area contributed by atoms with E-state index < -0.39 is 5.82 Å². The highest BCUT2D eigenvalue weighted by Crippen LogP contribution is 2.26. The van der Waals surface area contributed by atoms with Crippen molar-refractivity contribution < 1.29 is 18.7 Å². The van der Waals surface area contributed by atoms with Crippen molar-refractivity contribution in [2.24, 2.45) is 0 Å². The molecule has 0 saturated carbocycles. The predicted octanol–water partition coefficient (Wildman–Crippen LogP) is 3.77. The minimum Gasteiger partial charge on any atom is -0.487 e. The van der Waals surface area contributed by atoms with Crippen LogP contribution in [0.5, 0.6) is 5.75 Å². The predicted molar refractivity (Wildman–Crippen MR) is 77.9 cm³/mol. The van der Waals surface area contributed by atoms with Crippen LogP contribution in [-0.4, -0.2) is 13.1 Å². The van der Waals surface area contributed by atoms with Gasteiger partial charge in [-0.2, -0.15) is 0 Å². The first-order valence-corrected chi connectivity index (χ1v) is 6.69. The molecule has 0 fully saturated rings. The monoisotopic (exact) mass is 308 g/mol. The maximum atomic E-state index is 13.0. The van der Waals surface area contributed by atoms with Crippen molar-refractivity contribution in [3.8, 4) is 5.75 Å². The molecule has 2 rings (SSSR count). The molecule has 5 heteroatoms. The van der Waals surface area contributed by atoms with E-state index in [2.05, 4.69) is 4.74 Å². The molecule has 110 valence electrons. The summed E-state index contributed by atoms with van der Waals surface area (Å²) < 4.78 is 23.2. The van der Waals surface area contributed by atoms with Gasteiger partial charge in [-0.3, -0.25) is 4.79 Å². The molecule has 0 amide bonds. The van der Waals surface area contributed by atoms with Gasteiger partial charge in [-0.15, -0.1) is 0 Å². The van der Waals surface area contributed by atoms with Crippen LogP contribution in [0.4, 0.5) is 4.39 Å². The Bertz CT molecular complexity index is 643. The molecule has 21 heavy (non-hydrogen) atoms. The van der Waals surface area contributed by atoms with E-state index in [0.29, 0.717) is 5.75 Å². The van der Waals surface area contributed by atoms with Gasteiger partial charge >= 0.3 is 5.97 Å². The first-order valence-electron chi connectivity index (χ1n) is 6.31. The Morgan fingerprint density at radius 2 is 1.90 bits per heavy atom. The molecular weight excluding hydrogens is 295 g/mol. The molecule has 0 aliphatic carbocycles. The van der Waals surface area contributed by atoms with Gasteiger partial charge in [0, 0.05) is 0 Å². The van der Waals surface area contributed by atoms with E-state index in [1.807, 2.05) is 24.3 Å². The Morgan fingerprint density at radius 1 is 1.19 bits per heavy atom. The highest BCUT2D eigenvalue weighted by Gasteiger charge is 2.09. The second kappa shape index (κ2) is 7.09. The highest BCUT2D eigenvalue weighted by molar-refractivity contribution is 6.32. The number of methoxy groups -OCH3 is 1. The van der Waals surface area contributed by atoms with Gasteiger partial charge in [0.05, 0.1) is 18.6 Å². The average Bonchev–Trinajstić information content (AvgIpc) is 2.47. The maximum absolute atomic E-state index is 13.0. The van der Waals surface area contributed by atoms with Crippen LogP contribution >= 0.6 is 11.6 Å². The summed E-state index contributed by atoms with van der Waals surface area (Å²) in [6.07, 6.45) is 0.174. The lowest BCUT2D eigenvalue weighted by Crippen LogP contribution is -2.08. The number of rotatable bonds is 5. The molecule has 0 radical (unpaired) electrons. The molecular formula is C16H14ClFO3. The van der Waals surface area contributed by atoms with Crippen molar-refractivity contribution in [1.82, 2.24) is 0 Å². The Morgan fingerprint density at radius 3 is 2.57 bits per heavy atom. The molecule has 3 nitrogen and oxygen atoms in total. The quantitative estimate of drug-likeness (QED) is 0.789. The number of ether oxygens (including phenoxy) is 2. The first-order chi connectivity index (χ1) is 10.1. The summed E-state index contributed by atoms with van der Waals surface area (Å²) in [5.74, 6) is -0.341. The third kappa shape index (κ3) is 4.20. The van der Waals surface area contributed by atoms with Crippen LogP contribution in [0.1, 0.15) is 11.1 Å². The molecule has 0 unspecified atom stereocenters. The first kappa shape index (κ1) is 15.3. The normalized spacial score (nSPS) is 10.2. The van der Waals surface area contributed by atoms with E-state index in [-0.39, 0.29) is 24.0 Å². The summed E-state index contributed by atoms with van der Waals surface area (Å²) in [5, 5.41) is 0.209. The molecule has 0 heterocycles. The summed E-state index contributed by atoms with van der Waals surface area (Å²) in [7, 11) is 1.35. The number of carbonyl (C=O) groups is 1. The smallest absolute Gasteiger partial charge is 0.309 e. The molecule has 2 aromatic rings. The zero-order valence-electron chi connectivity index (χ0n) is 11.4. The van der Waals surface area contributed by atoms with E-state index in [1.165, 1.54) is 25.3 Å². The fourth-order valence-corrected chi connectivity index (χ4v) is 2.07. The molecule has 0 N–H and O–H groups in total. The Labute approximate surface area is 127 Å². The van der Waals surface area contributed by atoms with Crippen LogP contribution in [0.15, 0.2) is 42.5 Å². The second-order valence-electron chi connectivity index (χ2n) is 4.39. The molecule has 0 atom stereocenters. The lowest BCUT2D eigenvalue weighted by Gasteiger charge is -2.11. The molecule has 2 aromatic carbocycles. The minimum absolute atomic E-state index is 0.174. The number of esters is 1. The van der Waals surface area contributed by atoms with Crippen molar-refractivity contribution >= 4 is 17.6 Å². The largest absolute Gasteiger partial charge is 0.487 e. The Hall–Kier alpha value is -2.07. The van der Waals surface area contributed by atoms with E-state index >= 15 is 0 Å². The van der Waals surface area contributed by atoms with Crippen molar-refractivity contribution in [3.05, 3.63) is 64.4 Å².